The Morgan fingerprint density at radius 3 is 2.73 bits per heavy atom. The molecule has 0 saturated heterocycles. The van der Waals surface area contributed by atoms with Gasteiger partial charge in [-0.3, -0.25) is 0 Å². The van der Waals surface area contributed by atoms with Crippen LogP contribution in [0.4, 0.5) is 4.39 Å². The van der Waals surface area contributed by atoms with Gasteiger partial charge in [0, 0.05) is 0 Å². The molecule has 0 amide bonds. The summed E-state index contributed by atoms with van der Waals surface area (Å²) in [4.78, 5) is 0. The molecular formula is C16H22FNO3S. The first kappa shape index (κ1) is 17.0. The molecule has 0 bridgehead atoms. The average Bonchev–Trinajstić information content (AvgIpc) is 3.20. The summed E-state index contributed by atoms with van der Waals surface area (Å²) in [5.41, 5.74) is -0.222. The topological polar surface area (TPSA) is 55.4 Å². The highest BCUT2D eigenvalue weighted by Crippen LogP contribution is 2.32. The Morgan fingerprint density at radius 1 is 1.45 bits per heavy atom. The van der Waals surface area contributed by atoms with E-state index in [1.54, 1.807) is 26.0 Å². The number of hydrogen-bond acceptors (Lipinski definition) is 3. The minimum atomic E-state index is -3.48. The molecule has 1 saturated carbocycles. The molecule has 2 rings (SSSR count). The van der Waals surface area contributed by atoms with Gasteiger partial charge in [0.25, 0.3) is 0 Å². The largest absolute Gasteiger partial charge is 0.490 e. The minimum Gasteiger partial charge on any atom is -0.490 e. The zero-order valence-corrected chi connectivity index (χ0v) is 13.7. The normalized spacial score (nSPS) is 15.6. The van der Waals surface area contributed by atoms with Gasteiger partial charge in [0.1, 0.15) is 0 Å². The fourth-order valence-electron chi connectivity index (χ4n) is 2.14. The van der Waals surface area contributed by atoms with Gasteiger partial charge < -0.3 is 4.74 Å². The fourth-order valence-corrected chi connectivity index (χ4v) is 3.43. The van der Waals surface area contributed by atoms with Crippen molar-refractivity contribution < 1.29 is 17.5 Å². The van der Waals surface area contributed by atoms with E-state index in [9.17, 15) is 12.8 Å². The number of benzene rings is 1. The van der Waals surface area contributed by atoms with Crippen molar-refractivity contribution in [2.45, 2.75) is 32.2 Å². The third-order valence-corrected chi connectivity index (χ3v) is 5.07. The van der Waals surface area contributed by atoms with Crippen LogP contribution in [0.1, 0.15) is 32.3 Å². The van der Waals surface area contributed by atoms with E-state index in [0.29, 0.717) is 18.1 Å². The van der Waals surface area contributed by atoms with E-state index in [1.807, 2.05) is 0 Å². The zero-order chi connectivity index (χ0) is 16.4. The van der Waals surface area contributed by atoms with Crippen LogP contribution in [-0.4, -0.2) is 20.8 Å². The Bertz CT molecular complexity index is 651. The highest BCUT2D eigenvalue weighted by molar-refractivity contribution is 7.89. The molecule has 4 nitrogen and oxygen atoms in total. The first-order valence-corrected chi connectivity index (χ1v) is 8.94. The van der Waals surface area contributed by atoms with Crippen molar-refractivity contribution in [3.05, 3.63) is 42.2 Å². The molecule has 6 heteroatoms. The van der Waals surface area contributed by atoms with Gasteiger partial charge in [-0.15, -0.1) is 6.58 Å². The summed E-state index contributed by atoms with van der Waals surface area (Å²) in [7, 11) is -3.48. The SMILES string of the molecule is C=CCS(=O)(=O)NC(C)(C)c1ccc(F)c(OCC2CC2)c1. The third kappa shape index (κ3) is 4.55. The van der Waals surface area contributed by atoms with Crippen LogP contribution in [-0.2, 0) is 15.6 Å². The van der Waals surface area contributed by atoms with Crippen LogP contribution in [0.2, 0.25) is 0 Å². The molecule has 1 aromatic rings. The summed E-state index contributed by atoms with van der Waals surface area (Å²) in [6.45, 7) is 7.39. The molecule has 1 aliphatic rings. The highest BCUT2D eigenvalue weighted by Gasteiger charge is 2.28. The van der Waals surface area contributed by atoms with Gasteiger partial charge in [-0.2, -0.15) is 0 Å². The van der Waals surface area contributed by atoms with Crippen LogP contribution in [0.25, 0.3) is 0 Å². The Balaban J connectivity index is 2.18. The van der Waals surface area contributed by atoms with Gasteiger partial charge in [-0.25, -0.2) is 17.5 Å². The molecule has 0 unspecified atom stereocenters. The maximum absolute atomic E-state index is 13.8. The van der Waals surface area contributed by atoms with E-state index in [0.717, 1.165) is 12.8 Å². The number of sulfonamides is 1. The predicted molar refractivity (Wildman–Crippen MR) is 84.8 cm³/mol. The van der Waals surface area contributed by atoms with E-state index in [2.05, 4.69) is 11.3 Å². The number of nitrogens with one attached hydrogen (secondary N) is 1. The van der Waals surface area contributed by atoms with Crippen molar-refractivity contribution in [3.63, 3.8) is 0 Å². The lowest BCUT2D eigenvalue weighted by molar-refractivity contribution is 0.284. The molecule has 0 aliphatic heterocycles. The van der Waals surface area contributed by atoms with Crippen LogP contribution < -0.4 is 9.46 Å². The fraction of sp³-hybridized carbons (Fsp3) is 0.500. The summed E-state index contributed by atoms with van der Waals surface area (Å²) in [6, 6.07) is 4.44. The molecular weight excluding hydrogens is 305 g/mol. The molecule has 0 heterocycles. The van der Waals surface area contributed by atoms with E-state index >= 15 is 0 Å². The predicted octanol–water partition coefficient (Wildman–Crippen LogP) is 2.96. The molecule has 0 aromatic heterocycles. The van der Waals surface area contributed by atoms with E-state index in [1.165, 1.54) is 12.1 Å². The minimum absolute atomic E-state index is 0.164. The van der Waals surface area contributed by atoms with Crippen LogP contribution in [0, 0.1) is 11.7 Å². The van der Waals surface area contributed by atoms with Crippen molar-refractivity contribution in [1.82, 2.24) is 4.72 Å². The summed E-state index contributed by atoms with van der Waals surface area (Å²) in [5.74, 6) is 0.0829. The van der Waals surface area contributed by atoms with Gasteiger partial charge in [-0.05, 0) is 50.3 Å². The van der Waals surface area contributed by atoms with Crippen molar-refractivity contribution >= 4 is 10.0 Å². The Labute approximate surface area is 131 Å². The van der Waals surface area contributed by atoms with Gasteiger partial charge in [0.05, 0.1) is 17.9 Å². The van der Waals surface area contributed by atoms with Crippen LogP contribution in [0.15, 0.2) is 30.9 Å². The number of ether oxygens (including phenoxy) is 1. The van der Waals surface area contributed by atoms with E-state index in [4.69, 9.17) is 4.74 Å². The van der Waals surface area contributed by atoms with Crippen LogP contribution in [0.5, 0.6) is 5.75 Å². The quantitative estimate of drug-likeness (QED) is 0.747. The van der Waals surface area contributed by atoms with Crippen LogP contribution in [0.3, 0.4) is 0 Å². The second-order valence-electron chi connectivity index (χ2n) is 6.20. The van der Waals surface area contributed by atoms with E-state index < -0.39 is 21.4 Å². The molecule has 1 aromatic carbocycles. The summed E-state index contributed by atoms with van der Waals surface area (Å²) in [6.07, 6.45) is 3.57. The number of hydrogen-bond donors (Lipinski definition) is 1. The number of rotatable bonds is 8. The molecule has 1 aliphatic carbocycles. The average molecular weight is 327 g/mol. The molecule has 1 fully saturated rings. The van der Waals surface area contributed by atoms with Crippen molar-refractivity contribution in [1.29, 1.82) is 0 Å². The van der Waals surface area contributed by atoms with Crippen molar-refractivity contribution in [2.75, 3.05) is 12.4 Å². The van der Waals surface area contributed by atoms with Gasteiger partial charge >= 0.3 is 0 Å². The van der Waals surface area contributed by atoms with Crippen molar-refractivity contribution in [3.8, 4) is 5.75 Å². The monoisotopic (exact) mass is 327 g/mol. The number of halogens is 1. The molecule has 0 radical (unpaired) electrons. The smallest absolute Gasteiger partial charge is 0.215 e. The third-order valence-electron chi connectivity index (χ3n) is 3.57. The molecule has 122 valence electrons. The second-order valence-corrected chi connectivity index (χ2v) is 7.96. The van der Waals surface area contributed by atoms with E-state index in [-0.39, 0.29) is 11.5 Å². The van der Waals surface area contributed by atoms with Gasteiger partial charge in [0.2, 0.25) is 10.0 Å². The van der Waals surface area contributed by atoms with Gasteiger partial charge in [-0.1, -0.05) is 12.1 Å². The summed E-state index contributed by atoms with van der Waals surface area (Å²) >= 11 is 0. The first-order chi connectivity index (χ1) is 10.2. The standard InChI is InChI=1S/C16H22FNO3S/c1-4-9-22(19,20)18-16(2,3)13-7-8-14(17)15(10-13)21-11-12-5-6-12/h4,7-8,10,12,18H,1,5-6,9,11H2,2-3H3. The second kappa shape index (κ2) is 6.38. The maximum Gasteiger partial charge on any atom is 0.215 e. The Kier molecular flexibility index (Phi) is 4.92. The van der Waals surface area contributed by atoms with Crippen molar-refractivity contribution in [2.24, 2.45) is 5.92 Å². The molecule has 0 atom stereocenters. The molecule has 1 N–H and O–H groups in total. The zero-order valence-electron chi connectivity index (χ0n) is 12.9. The lowest BCUT2D eigenvalue weighted by Gasteiger charge is -2.27. The van der Waals surface area contributed by atoms with Crippen LogP contribution >= 0.6 is 0 Å². The molecule has 0 spiro atoms. The highest BCUT2D eigenvalue weighted by atomic mass is 32.2. The Hall–Kier alpha value is -1.40. The maximum atomic E-state index is 13.8. The Morgan fingerprint density at radius 2 is 2.14 bits per heavy atom. The summed E-state index contributed by atoms with van der Waals surface area (Å²) < 4.78 is 45.7. The lowest BCUT2D eigenvalue weighted by atomic mass is 9.95. The van der Waals surface area contributed by atoms with Gasteiger partial charge in [0.15, 0.2) is 11.6 Å². The summed E-state index contributed by atoms with van der Waals surface area (Å²) in [5, 5.41) is 0. The molecule has 22 heavy (non-hydrogen) atoms. The first-order valence-electron chi connectivity index (χ1n) is 7.29. The lowest BCUT2D eigenvalue weighted by Crippen LogP contribution is -2.41.